The van der Waals surface area contributed by atoms with Crippen LogP contribution in [0.25, 0.3) is 22.0 Å². The number of hydrogen-bond donors (Lipinski definition) is 1. The lowest BCUT2D eigenvalue weighted by Crippen LogP contribution is -2.25. The fourth-order valence-electron chi connectivity index (χ4n) is 4.16. The third-order valence-corrected chi connectivity index (χ3v) is 5.55. The van der Waals surface area contributed by atoms with Crippen LogP contribution in [0.1, 0.15) is 28.0 Å². The summed E-state index contributed by atoms with van der Waals surface area (Å²) in [5.41, 5.74) is 6.76. The monoisotopic (exact) mass is 367 g/mol. The van der Waals surface area contributed by atoms with Crippen molar-refractivity contribution in [3.63, 3.8) is 0 Å². The maximum Gasteiger partial charge on any atom is 0.338 e. The van der Waals surface area contributed by atoms with Crippen molar-refractivity contribution in [1.29, 1.82) is 0 Å². The Morgan fingerprint density at radius 3 is 2.43 bits per heavy atom. The quantitative estimate of drug-likeness (QED) is 0.482. The van der Waals surface area contributed by atoms with Gasteiger partial charge in [0.05, 0.1) is 11.1 Å². The maximum absolute atomic E-state index is 12.4. The van der Waals surface area contributed by atoms with Crippen molar-refractivity contribution >= 4 is 16.9 Å². The lowest BCUT2D eigenvalue weighted by molar-refractivity contribution is 0.0271. The van der Waals surface area contributed by atoms with Crippen LogP contribution in [-0.4, -0.2) is 17.1 Å². The number of benzene rings is 3. The van der Waals surface area contributed by atoms with E-state index in [-0.39, 0.29) is 12.1 Å². The van der Waals surface area contributed by atoms with Gasteiger partial charge in [-0.3, -0.25) is 0 Å². The number of nitrogens with one attached hydrogen (secondary N) is 1. The zero-order valence-electron chi connectivity index (χ0n) is 15.5. The van der Waals surface area contributed by atoms with Gasteiger partial charge in [-0.15, -0.1) is 0 Å². The Labute approximate surface area is 164 Å². The topological polar surface area (TPSA) is 42.1 Å². The molecule has 0 bridgehead atoms. The third kappa shape index (κ3) is 2.99. The summed E-state index contributed by atoms with van der Waals surface area (Å²) in [6, 6.07) is 26.1. The van der Waals surface area contributed by atoms with E-state index in [0.717, 1.165) is 19.3 Å². The number of esters is 1. The maximum atomic E-state index is 12.4. The van der Waals surface area contributed by atoms with Crippen LogP contribution >= 0.6 is 0 Å². The third-order valence-electron chi connectivity index (χ3n) is 5.55. The van der Waals surface area contributed by atoms with Gasteiger partial charge >= 0.3 is 5.97 Å². The van der Waals surface area contributed by atoms with Gasteiger partial charge < -0.3 is 9.72 Å². The van der Waals surface area contributed by atoms with Crippen LogP contribution < -0.4 is 0 Å². The molecular weight excluding hydrogens is 346 g/mol. The van der Waals surface area contributed by atoms with Gasteiger partial charge in [0, 0.05) is 23.1 Å². The molecule has 0 saturated carbocycles. The van der Waals surface area contributed by atoms with E-state index in [1.165, 1.54) is 33.3 Å². The van der Waals surface area contributed by atoms with Gasteiger partial charge in [-0.05, 0) is 36.1 Å². The fourth-order valence-corrected chi connectivity index (χ4v) is 4.16. The number of rotatable bonds is 3. The predicted octanol–water partition coefficient (Wildman–Crippen LogP) is 5.55. The summed E-state index contributed by atoms with van der Waals surface area (Å²) in [6.07, 6.45) is 2.41. The highest BCUT2D eigenvalue weighted by Gasteiger charge is 2.26. The van der Waals surface area contributed by atoms with E-state index >= 15 is 0 Å². The molecule has 1 heterocycles. The van der Waals surface area contributed by atoms with Crippen LogP contribution in [0.5, 0.6) is 0 Å². The van der Waals surface area contributed by atoms with Crippen molar-refractivity contribution in [3.05, 3.63) is 95.7 Å². The second kappa shape index (κ2) is 7.01. The molecule has 1 N–H and O–H groups in total. The Hall–Kier alpha value is -3.33. The number of hydrogen-bond acceptors (Lipinski definition) is 2. The summed E-state index contributed by atoms with van der Waals surface area (Å²) in [5.74, 6) is -0.237. The standard InChI is InChI=1S/C25H21NO2/c27-25(18-10-5-2-6-11-18)28-19-14-15-23-22(16-19)21-13-7-12-20(24(21)26-23)17-8-3-1-4-9-17/h1-13,19,26H,14-16H2. The van der Waals surface area contributed by atoms with Gasteiger partial charge in [-0.2, -0.15) is 0 Å². The highest BCUT2D eigenvalue weighted by molar-refractivity contribution is 5.97. The molecule has 1 atom stereocenters. The molecule has 1 aromatic heterocycles. The number of carbonyl (C=O) groups is 1. The second-order valence-electron chi connectivity index (χ2n) is 7.31. The molecule has 28 heavy (non-hydrogen) atoms. The van der Waals surface area contributed by atoms with Crippen LogP contribution in [0.3, 0.4) is 0 Å². The van der Waals surface area contributed by atoms with Gasteiger partial charge in [-0.25, -0.2) is 4.79 Å². The molecule has 0 spiro atoms. The van der Waals surface area contributed by atoms with E-state index in [0.29, 0.717) is 5.56 Å². The normalized spacial score (nSPS) is 15.9. The van der Waals surface area contributed by atoms with E-state index < -0.39 is 0 Å². The Kier molecular flexibility index (Phi) is 4.21. The van der Waals surface area contributed by atoms with Crippen LogP contribution in [0.15, 0.2) is 78.9 Å². The molecular formula is C25H21NO2. The number of aryl methyl sites for hydroxylation is 1. The average molecular weight is 367 g/mol. The van der Waals surface area contributed by atoms with Crippen molar-refractivity contribution in [2.24, 2.45) is 0 Å². The minimum atomic E-state index is -0.237. The summed E-state index contributed by atoms with van der Waals surface area (Å²) in [6.45, 7) is 0. The molecule has 4 aromatic rings. The van der Waals surface area contributed by atoms with Crippen molar-refractivity contribution in [2.75, 3.05) is 0 Å². The van der Waals surface area contributed by atoms with Crippen molar-refractivity contribution < 1.29 is 9.53 Å². The van der Waals surface area contributed by atoms with E-state index in [4.69, 9.17) is 4.74 Å². The lowest BCUT2D eigenvalue weighted by Gasteiger charge is -2.22. The number of aromatic nitrogens is 1. The molecule has 0 radical (unpaired) electrons. The Balaban J connectivity index is 1.45. The fraction of sp³-hybridized carbons (Fsp3) is 0.160. The Morgan fingerprint density at radius 2 is 1.64 bits per heavy atom. The smallest absolute Gasteiger partial charge is 0.338 e. The minimum absolute atomic E-state index is 0.0837. The van der Waals surface area contributed by atoms with Gasteiger partial charge in [0.15, 0.2) is 0 Å². The first-order valence-corrected chi connectivity index (χ1v) is 9.73. The number of para-hydroxylation sites is 1. The first-order valence-electron chi connectivity index (χ1n) is 9.73. The summed E-state index contributed by atoms with van der Waals surface area (Å²) in [7, 11) is 0. The number of aromatic amines is 1. The molecule has 138 valence electrons. The molecule has 1 aliphatic rings. The zero-order valence-corrected chi connectivity index (χ0v) is 15.5. The molecule has 0 saturated heterocycles. The molecule has 0 fully saturated rings. The lowest BCUT2D eigenvalue weighted by atomic mass is 9.92. The van der Waals surface area contributed by atoms with Crippen molar-refractivity contribution in [1.82, 2.24) is 4.98 Å². The summed E-state index contributed by atoms with van der Waals surface area (Å²) < 4.78 is 5.81. The van der Waals surface area contributed by atoms with Crippen molar-refractivity contribution in [2.45, 2.75) is 25.4 Å². The molecule has 3 aromatic carbocycles. The molecule has 5 rings (SSSR count). The van der Waals surface area contributed by atoms with Gasteiger partial charge in [0.25, 0.3) is 0 Å². The Bertz CT molecular complexity index is 1130. The minimum Gasteiger partial charge on any atom is -0.458 e. The highest BCUT2D eigenvalue weighted by Crippen LogP contribution is 2.35. The van der Waals surface area contributed by atoms with Gasteiger partial charge in [0.2, 0.25) is 0 Å². The molecule has 3 nitrogen and oxygen atoms in total. The SMILES string of the molecule is O=C(OC1CCc2[nH]c3c(-c4ccccc4)cccc3c2C1)c1ccccc1. The van der Waals surface area contributed by atoms with Crippen LogP contribution in [-0.2, 0) is 17.6 Å². The molecule has 3 heteroatoms. The largest absolute Gasteiger partial charge is 0.458 e. The second-order valence-corrected chi connectivity index (χ2v) is 7.31. The number of carbonyl (C=O) groups excluding carboxylic acids is 1. The molecule has 0 aliphatic heterocycles. The van der Waals surface area contributed by atoms with E-state index in [1.807, 2.05) is 24.3 Å². The Morgan fingerprint density at radius 1 is 0.893 bits per heavy atom. The first-order chi connectivity index (χ1) is 13.8. The highest BCUT2D eigenvalue weighted by atomic mass is 16.5. The zero-order chi connectivity index (χ0) is 18.9. The van der Waals surface area contributed by atoms with E-state index in [1.54, 1.807) is 12.1 Å². The van der Waals surface area contributed by atoms with Crippen LogP contribution in [0.4, 0.5) is 0 Å². The summed E-state index contributed by atoms with van der Waals surface area (Å²) in [5, 5.41) is 1.23. The molecule has 0 amide bonds. The van der Waals surface area contributed by atoms with E-state index in [9.17, 15) is 4.79 Å². The summed E-state index contributed by atoms with van der Waals surface area (Å²) in [4.78, 5) is 16.1. The molecule has 1 aliphatic carbocycles. The van der Waals surface area contributed by atoms with Crippen LogP contribution in [0.2, 0.25) is 0 Å². The van der Waals surface area contributed by atoms with Gasteiger partial charge in [-0.1, -0.05) is 66.7 Å². The number of H-pyrrole nitrogens is 1. The first kappa shape index (κ1) is 16.8. The van der Waals surface area contributed by atoms with Crippen LogP contribution in [0, 0.1) is 0 Å². The average Bonchev–Trinajstić information content (AvgIpc) is 3.13. The number of ether oxygens (including phenoxy) is 1. The molecule has 1 unspecified atom stereocenters. The van der Waals surface area contributed by atoms with E-state index in [2.05, 4.69) is 47.4 Å². The van der Waals surface area contributed by atoms with Gasteiger partial charge in [0.1, 0.15) is 6.10 Å². The predicted molar refractivity (Wildman–Crippen MR) is 111 cm³/mol. The summed E-state index contributed by atoms with van der Waals surface area (Å²) >= 11 is 0. The van der Waals surface area contributed by atoms with Crippen molar-refractivity contribution in [3.8, 4) is 11.1 Å². The number of fused-ring (bicyclic) bond motifs is 3.